The van der Waals surface area contributed by atoms with Gasteiger partial charge in [0, 0.05) is 5.56 Å². The highest BCUT2D eigenvalue weighted by Gasteiger charge is 2.38. The molecule has 0 saturated carbocycles. The normalized spacial score (nSPS) is 10.8. The first-order chi connectivity index (χ1) is 15.5. The molecule has 166 valence electrons. The number of ketones is 1. The van der Waals surface area contributed by atoms with Crippen molar-refractivity contribution in [1.29, 1.82) is 5.26 Å². The number of H-pyrrole nitrogens is 1. The van der Waals surface area contributed by atoms with Gasteiger partial charge in [-0.05, 0) is 31.2 Å². The number of alkyl halides is 3. The van der Waals surface area contributed by atoms with Gasteiger partial charge in [0.15, 0.2) is 17.2 Å². The molecule has 33 heavy (non-hydrogen) atoms. The van der Waals surface area contributed by atoms with E-state index in [4.69, 9.17) is 16.6 Å². The van der Waals surface area contributed by atoms with Crippen LogP contribution in [0.2, 0.25) is 0 Å². The fourth-order valence-corrected chi connectivity index (χ4v) is 2.73. The number of rotatable bonds is 5. The molecule has 1 N–H and O–H groups in total. The number of aromatic nitrogens is 4. The Morgan fingerprint density at radius 2 is 2.03 bits per heavy atom. The summed E-state index contributed by atoms with van der Waals surface area (Å²) >= 11 is 0. The van der Waals surface area contributed by atoms with E-state index in [1.807, 2.05) is 0 Å². The number of ether oxygens (including phenoxy) is 1. The average molecular weight is 456 g/mol. The first-order valence-electron chi connectivity index (χ1n) is 8.90. The van der Waals surface area contributed by atoms with Gasteiger partial charge in [-0.15, -0.1) is 0 Å². The van der Waals surface area contributed by atoms with Crippen molar-refractivity contribution in [3.63, 3.8) is 0 Å². The van der Waals surface area contributed by atoms with Crippen LogP contribution in [-0.2, 0) is 12.7 Å². The molecule has 0 aliphatic rings. The molecule has 0 amide bonds. The Hall–Kier alpha value is -4.78. The van der Waals surface area contributed by atoms with Gasteiger partial charge >= 0.3 is 6.18 Å². The van der Waals surface area contributed by atoms with E-state index < -0.39 is 41.1 Å². The third-order valence-corrected chi connectivity index (χ3v) is 4.20. The van der Waals surface area contributed by atoms with Crippen molar-refractivity contribution in [3.05, 3.63) is 85.2 Å². The molecule has 0 saturated heterocycles. The maximum absolute atomic E-state index is 13.5. The molecule has 2 aromatic heterocycles. The van der Waals surface area contributed by atoms with E-state index in [1.54, 1.807) is 6.07 Å². The molecule has 3 rings (SSSR count). The number of carbonyl (C=O) groups excluding carboxylic acids is 1. The van der Waals surface area contributed by atoms with E-state index >= 15 is 0 Å². The number of nitrogens with one attached hydrogen (secondary N) is 1. The molecule has 13 heteroatoms. The lowest BCUT2D eigenvalue weighted by Crippen LogP contribution is -2.28. The van der Waals surface area contributed by atoms with Crippen LogP contribution in [0.25, 0.3) is 4.85 Å². The van der Waals surface area contributed by atoms with Crippen molar-refractivity contribution < 1.29 is 22.7 Å². The van der Waals surface area contributed by atoms with Gasteiger partial charge in [-0.2, -0.15) is 23.5 Å². The Morgan fingerprint density at radius 3 is 2.64 bits per heavy atom. The topological polar surface area (TPSA) is 135 Å². The fourth-order valence-electron chi connectivity index (χ4n) is 2.73. The van der Waals surface area contributed by atoms with Gasteiger partial charge in [0.25, 0.3) is 11.1 Å². The van der Waals surface area contributed by atoms with Gasteiger partial charge in [-0.1, -0.05) is 0 Å². The summed E-state index contributed by atoms with van der Waals surface area (Å²) in [6.07, 6.45) is -4.43. The van der Waals surface area contributed by atoms with E-state index in [9.17, 15) is 27.6 Å². The fraction of sp³-hybridized carbons (Fsp3) is 0.150. The molecular weight excluding hydrogens is 445 g/mol. The molecule has 0 bridgehead atoms. The highest BCUT2D eigenvalue weighted by Crippen LogP contribution is 2.35. The van der Waals surface area contributed by atoms with Crippen LogP contribution in [0.4, 0.5) is 18.9 Å². The zero-order valence-corrected chi connectivity index (χ0v) is 16.6. The number of carbonyl (C=O) groups is 1. The molecule has 0 aliphatic heterocycles. The lowest BCUT2D eigenvalue weighted by Gasteiger charge is -2.15. The zero-order chi connectivity index (χ0) is 24.3. The van der Waals surface area contributed by atoms with Crippen LogP contribution in [0.5, 0.6) is 11.5 Å². The minimum atomic E-state index is -5.05. The molecular formula is C20H11F3N6O4. The van der Waals surface area contributed by atoms with Crippen LogP contribution in [0, 0.1) is 17.9 Å². The Balaban J connectivity index is 2.12. The SMILES string of the molecule is [C-]#[N+]c1cc(C#N)cc(Oc2c(C(F)(F)F)ncn(Cc3cc(C(C)=O)c(=O)[nH]n3)c2=O)c1. The lowest BCUT2D eigenvalue weighted by atomic mass is 10.2. The van der Waals surface area contributed by atoms with Crippen LogP contribution >= 0.6 is 0 Å². The van der Waals surface area contributed by atoms with E-state index in [-0.39, 0.29) is 28.3 Å². The van der Waals surface area contributed by atoms with Crippen molar-refractivity contribution in [1.82, 2.24) is 19.7 Å². The van der Waals surface area contributed by atoms with E-state index in [0.29, 0.717) is 6.33 Å². The summed E-state index contributed by atoms with van der Waals surface area (Å²) in [6.45, 7) is 7.74. The molecule has 0 spiro atoms. The number of nitrogens with zero attached hydrogens (tertiary/aromatic N) is 5. The van der Waals surface area contributed by atoms with E-state index in [2.05, 4.69) is 20.0 Å². The number of benzene rings is 1. The number of Topliss-reactive ketones (excluding diaryl/α,β-unsaturated/α-hetero) is 1. The Kier molecular flexibility index (Phi) is 6.08. The predicted octanol–water partition coefficient (Wildman–Crippen LogP) is 2.81. The summed E-state index contributed by atoms with van der Waals surface area (Å²) in [5.74, 6) is -2.11. The Labute approximate surface area is 182 Å². The molecule has 10 nitrogen and oxygen atoms in total. The van der Waals surface area contributed by atoms with Crippen molar-refractivity contribution in [3.8, 4) is 17.6 Å². The second kappa shape index (κ2) is 8.76. The van der Waals surface area contributed by atoms with Crippen molar-refractivity contribution >= 4 is 11.5 Å². The quantitative estimate of drug-likeness (QED) is 0.461. The third-order valence-electron chi connectivity index (χ3n) is 4.20. The summed E-state index contributed by atoms with van der Waals surface area (Å²) < 4.78 is 46.4. The first-order valence-corrected chi connectivity index (χ1v) is 8.90. The molecule has 2 heterocycles. The zero-order valence-electron chi connectivity index (χ0n) is 16.6. The monoisotopic (exact) mass is 456 g/mol. The summed E-state index contributed by atoms with van der Waals surface area (Å²) in [7, 11) is 0. The van der Waals surface area contributed by atoms with Crippen LogP contribution in [0.3, 0.4) is 0 Å². The number of aromatic amines is 1. The molecule has 0 unspecified atom stereocenters. The number of halogens is 3. The minimum Gasteiger partial charge on any atom is -0.451 e. The summed E-state index contributed by atoms with van der Waals surface area (Å²) in [4.78, 5) is 42.4. The van der Waals surface area contributed by atoms with Crippen LogP contribution < -0.4 is 15.9 Å². The van der Waals surface area contributed by atoms with Gasteiger partial charge < -0.3 is 4.74 Å². The maximum Gasteiger partial charge on any atom is 0.437 e. The summed E-state index contributed by atoms with van der Waals surface area (Å²) in [5.41, 5.74) is -4.03. The standard InChI is InChI=1S/C20H11F3N6O4/c1-10(30)15-6-13(27-28-18(15)31)8-29-9-26-17(20(21,22)23)16(19(29)32)33-14-4-11(7-24)3-12(5-14)25-2/h3-6,9H,8H2,1H3,(H,28,31). The van der Waals surface area contributed by atoms with Gasteiger partial charge in [0.1, 0.15) is 5.75 Å². The van der Waals surface area contributed by atoms with Gasteiger partial charge in [0.2, 0.25) is 5.75 Å². The van der Waals surface area contributed by atoms with Crippen molar-refractivity contribution in [2.75, 3.05) is 0 Å². The average Bonchev–Trinajstić information content (AvgIpc) is 2.76. The first kappa shape index (κ1) is 22.9. The van der Waals surface area contributed by atoms with Gasteiger partial charge in [0.05, 0.1) is 36.8 Å². The third kappa shape index (κ3) is 4.94. The van der Waals surface area contributed by atoms with Gasteiger partial charge in [-0.3, -0.25) is 19.0 Å². The van der Waals surface area contributed by atoms with Gasteiger partial charge in [-0.25, -0.2) is 14.9 Å². The largest absolute Gasteiger partial charge is 0.451 e. The predicted molar refractivity (Wildman–Crippen MR) is 105 cm³/mol. The number of hydrogen-bond acceptors (Lipinski definition) is 7. The van der Waals surface area contributed by atoms with Crippen LogP contribution in [0.15, 0.2) is 40.2 Å². The number of hydrogen-bond donors (Lipinski definition) is 1. The summed E-state index contributed by atoms with van der Waals surface area (Å²) in [6, 6.07) is 6.16. The van der Waals surface area contributed by atoms with E-state index in [1.165, 1.54) is 6.07 Å². The summed E-state index contributed by atoms with van der Waals surface area (Å²) in [5, 5.41) is 14.8. The molecule has 0 radical (unpaired) electrons. The molecule has 3 aromatic rings. The molecule has 1 aromatic carbocycles. The van der Waals surface area contributed by atoms with Crippen LogP contribution in [0.1, 0.15) is 34.2 Å². The lowest BCUT2D eigenvalue weighted by molar-refractivity contribution is -0.142. The molecule has 0 fully saturated rings. The second-order valence-electron chi connectivity index (χ2n) is 6.55. The Morgan fingerprint density at radius 1 is 1.30 bits per heavy atom. The maximum atomic E-state index is 13.5. The second-order valence-corrected chi connectivity index (χ2v) is 6.55. The van der Waals surface area contributed by atoms with E-state index in [0.717, 1.165) is 29.7 Å². The smallest absolute Gasteiger partial charge is 0.437 e. The highest BCUT2D eigenvalue weighted by molar-refractivity contribution is 5.93. The number of nitriles is 1. The molecule has 0 atom stereocenters. The minimum absolute atomic E-state index is 0.00354. The van der Waals surface area contributed by atoms with Crippen LogP contribution in [-0.4, -0.2) is 25.5 Å². The Bertz CT molecular complexity index is 1430. The molecule has 0 aliphatic carbocycles. The van der Waals surface area contributed by atoms with Crippen molar-refractivity contribution in [2.24, 2.45) is 0 Å². The highest BCUT2D eigenvalue weighted by atomic mass is 19.4. The van der Waals surface area contributed by atoms with Crippen molar-refractivity contribution in [2.45, 2.75) is 19.6 Å².